The maximum atomic E-state index is 5.52. The fourth-order valence-electron chi connectivity index (χ4n) is 2.56. The summed E-state index contributed by atoms with van der Waals surface area (Å²) in [5.41, 5.74) is 3.49. The lowest BCUT2D eigenvalue weighted by atomic mass is 10.2. The van der Waals surface area contributed by atoms with Gasteiger partial charge in [0.05, 0.1) is 11.4 Å². The molecule has 2 heterocycles. The van der Waals surface area contributed by atoms with E-state index in [2.05, 4.69) is 41.1 Å². The Labute approximate surface area is 124 Å². The van der Waals surface area contributed by atoms with E-state index < -0.39 is 0 Å². The van der Waals surface area contributed by atoms with Crippen LogP contribution in [0.25, 0.3) is 0 Å². The predicted molar refractivity (Wildman–Crippen MR) is 80.4 cm³/mol. The first kappa shape index (κ1) is 13.9. The highest BCUT2D eigenvalue weighted by Crippen LogP contribution is 2.35. The molecule has 0 spiro atoms. The first-order chi connectivity index (χ1) is 10.3. The van der Waals surface area contributed by atoms with E-state index in [1.807, 2.05) is 12.1 Å². The van der Waals surface area contributed by atoms with Gasteiger partial charge in [0.15, 0.2) is 11.5 Å². The number of para-hydroxylation sites is 1. The average Bonchev–Trinajstić information content (AvgIpc) is 3.13. The molecule has 0 fully saturated rings. The van der Waals surface area contributed by atoms with E-state index in [1.165, 1.54) is 5.69 Å². The van der Waals surface area contributed by atoms with Crippen LogP contribution in [-0.2, 0) is 26.1 Å². The summed E-state index contributed by atoms with van der Waals surface area (Å²) in [5.74, 6) is 1.70. The zero-order valence-electron chi connectivity index (χ0n) is 12.6. The van der Waals surface area contributed by atoms with Crippen LogP contribution >= 0.6 is 0 Å². The zero-order chi connectivity index (χ0) is 14.7. The molecule has 1 aliphatic heterocycles. The molecule has 0 radical (unpaired) electrons. The topological polar surface area (TPSA) is 48.3 Å². The number of rotatable bonds is 6. The second-order valence-electron chi connectivity index (χ2n) is 5.05. The van der Waals surface area contributed by atoms with Crippen molar-refractivity contribution in [2.24, 2.45) is 0 Å². The molecule has 1 N–H and O–H groups in total. The van der Waals surface area contributed by atoms with E-state index in [-0.39, 0.29) is 0 Å². The number of hydrogen-bond acceptors (Lipinski definition) is 4. The minimum atomic E-state index is 0.314. The molecule has 0 atom stereocenters. The van der Waals surface area contributed by atoms with Crippen LogP contribution in [0.4, 0.5) is 0 Å². The Hall–Kier alpha value is -2.01. The van der Waals surface area contributed by atoms with Crippen molar-refractivity contribution in [3.63, 3.8) is 0 Å². The standard InChI is InChI=1S/C16H21N3O2/c1-3-13-8-14(19(4-2)18-13)10-17-9-12-6-5-7-15-16(12)21-11-20-15/h5-8,17H,3-4,9-11H2,1-2H3. The largest absolute Gasteiger partial charge is 0.454 e. The quantitative estimate of drug-likeness (QED) is 0.886. The second-order valence-corrected chi connectivity index (χ2v) is 5.05. The van der Waals surface area contributed by atoms with E-state index in [9.17, 15) is 0 Å². The van der Waals surface area contributed by atoms with Gasteiger partial charge in [-0.05, 0) is 25.5 Å². The Bertz CT molecular complexity index is 622. The van der Waals surface area contributed by atoms with Crippen LogP contribution in [-0.4, -0.2) is 16.6 Å². The number of nitrogens with one attached hydrogen (secondary N) is 1. The van der Waals surface area contributed by atoms with Gasteiger partial charge >= 0.3 is 0 Å². The summed E-state index contributed by atoms with van der Waals surface area (Å²) < 4.78 is 13.0. The molecule has 1 aromatic heterocycles. The molecule has 0 amide bonds. The van der Waals surface area contributed by atoms with Gasteiger partial charge in [0, 0.05) is 25.2 Å². The molecule has 21 heavy (non-hydrogen) atoms. The lowest BCUT2D eigenvalue weighted by Crippen LogP contribution is -2.16. The van der Waals surface area contributed by atoms with Crippen molar-refractivity contribution in [1.82, 2.24) is 15.1 Å². The van der Waals surface area contributed by atoms with Crippen LogP contribution in [0.1, 0.15) is 30.8 Å². The molecule has 2 aromatic rings. The van der Waals surface area contributed by atoms with Crippen molar-refractivity contribution < 1.29 is 9.47 Å². The van der Waals surface area contributed by atoms with E-state index in [4.69, 9.17) is 9.47 Å². The molecule has 0 aliphatic carbocycles. The first-order valence-corrected chi connectivity index (χ1v) is 7.45. The monoisotopic (exact) mass is 287 g/mol. The van der Waals surface area contributed by atoms with Gasteiger partial charge in [-0.1, -0.05) is 19.1 Å². The van der Waals surface area contributed by atoms with Crippen LogP contribution in [0.15, 0.2) is 24.3 Å². The van der Waals surface area contributed by atoms with Crippen molar-refractivity contribution in [3.8, 4) is 11.5 Å². The SMILES string of the molecule is CCc1cc(CNCc2cccc3c2OCO3)n(CC)n1. The maximum absolute atomic E-state index is 5.52. The van der Waals surface area contributed by atoms with Gasteiger partial charge in [-0.25, -0.2) is 0 Å². The molecular formula is C16H21N3O2. The number of aryl methyl sites for hydroxylation is 2. The maximum Gasteiger partial charge on any atom is 0.231 e. The minimum Gasteiger partial charge on any atom is -0.454 e. The number of hydrogen-bond donors (Lipinski definition) is 1. The van der Waals surface area contributed by atoms with Gasteiger partial charge in [0.25, 0.3) is 0 Å². The van der Waals surface area contributed by atoms with E-state index in [1.54, 1.807) is 0 Å². The van der Waals surface area contributed by atoms with Crippen LogP contribution in [0.5, 0.6) is 11.5 Å². The van der Waals surface area contributed by atoms with Crippen LogP contribution in [0.3, 0.4) is 0 Å². The Balaban J connectivity index is 1.64. The number of aromatic nitrogens is 2. The Kier molecular flexibility index (Phi) is 4.10. The molecule has 5 nitrogen and oxygen atoms in total. The van der Waals surface area contributed by atoms with Gasteiger partial charge in [-0.15, -0.1) is 0 Å². The number of ether oxygens (including phenoxy) is 2. The van der Waals surface area contributed by atoms with Crippen LogP contribution in [0, 0.1) is 0 Å². The lowest BCUT2D eigenvalue weighted by molar-refractivity contribution is 0.173. The number of nitrogens with zero attached hydrogens (tertiary/aromatic N) is 2. The Morgan fingerprint density at radius 2 is 2.14 bits per heavy atom. The lowest BCUT2D eigenvalue weighted by Gasteiger charge is -2.08. The summed E-state index contributed by atoms with van der Waals surface area (Å²) in [6, 6.07) is 8.17. The molecule has 1 aromatic carbocycles. The Morgan fingerprint density at radius 3 is 2.95 bits per heavy atom. The summed E-state index contributed by atoms with van der Waals surface area (Å²) in [6.45, 7) is 7.01. The molecule has 0 unspecified atom stereocenters. The van der Waals surface area contributed by atoms with Crippen molar-refractivity contribution in [2.45, 2.75) is 39.9 Å². The summed E-state index contributed by atoms with van der Waals surface area (Å²) in [5, 5.41) is 8.03. The normalized spacial score (nSPS) is 12.9. The molecule has 5 heteroatoms. The zero-order valence-corrected chi connectivity index (χ0v) is 12.6. The fourth-order valence-corrected chi connectivity index (χ4v) is 2.56. The second kappa shape index (κ2) is 6.18. The van der Waals surface area contributed by atoms with E-state index in [0.717, 1.165) is 48.8 Å². The fraction of sp³-hybridized carbons (Fsp3) is 0.438. The minimum absolute atomic E-state index is 0.314. The third-order valence-electron chi connectivity index (χ3n) is 3.68. The number of benzene rings is 1. The summed E-state index contributed by atoms with van der Waals surface area (Å²) in [4.78, 5) is 0. The van der Waals surface area contributed by atoms with Crippen LogP contribution < -0.4 is 14.8 Å². The Morgan fingerprint density at radius 1 is 1.24 bits per heavy atom. The molecular weight excluding hydrogens is 266 g/mol. The van der Waals surface area contributed by atoms with Crippen molar-refractivity contribution in [2.75, 3.05) is 6.79 Å². The van der Waals surface area contributed by atoms with Gasteiger partial charge < -0.3 is 14.8 Å². The number of fused-ring (bicyclic) bond motifs is 1. The summed E-state index contributed by atoms with van der Waals surface area (Å²) in [6.07, 6.45) is 0.970. The highest BCUT2D eigenvalue weighted by molar-refractivity contribution is 5.48. The summed E-state index contributed by atoms with van der Waals surface area (Å²) in [7, 11) is 0. The van der Waals surface area contributed by atoms with E-state index in [0.29, 0.717) is 6.79 Å². The molecule has 0 bridgehead atoms. The summed E-state index contributed by atoms with van der Waals surface area (Å²) >= 11 is 0. The van der Waals surface area contributed by atoms with Gasteiger partial charge in [-0.3, -0.25) is 4.68 Å². The predicted octanol–water partition coefficient (Wildman–Crippen LogP) is 2.48. The third kappa shape index (κ3) is 2.88. The molecule has 3 rings (SSSR count). The third-order valence-corrected chi connectivity index (χ3v) is 3.68. The molecule has 1 aliphatic rings. The van der Waals surface area contributed by atoms with Crippen molar-refractivity contribution in [3.05, 3.63) is 41.2 Å². The van der Waals surface area contributed by atoms with E-state index >= 15 is 0 Å². The van der Waals surface area contributed by atoms with Crippen molar-refractivity contribution in [1.29, 1.82) is 0 Å². The first-order valence-electron chi connectivity index (χ1n) is 7.45. The van der Waals surface area contributed by atoms with Crippen molar-refractivity contribution >= 4 is 0 Å². The molecule has 0 saturated heterocycles. The van der Waals surface area contributed by atoms with Gasteiger partial charge in [-0.2, -0.15) is 5.10 Å². The highest BCUT2D eigenvalue weighted by atomic mass is 16.7. The van der Waals surface area contributed by atoms with Crippen LogP contribution in [0.2, 0.25) is 0 Å². The smallest absolute Gasteiger partial charge is 0.231 e. The van der Waals surface area contributed by atoms with Gasteiger partial charge in [0.1, 0.15) is 0 Å². The van der Waals surface area contributed by atoms with Gasteiger partial charge in [0.2, 0.25) is 6.79 Å². The molecule has 112 valence electrons. The average molecular weight is 287 g/mol. The highest BCUT2D eigenvalue weighted by Gasteiger charge is 2.16. The molecule has 0 saturated carbocycles.